The van der Waals surface area contributed by atoms with Crippen molar-refractivity contribution < 1.29 is 14.2 Å². The van der Waals surface area contributed by atoms with Crippen LogP contribution in [0.4, 0.5) is 4.39 Å². The minimum Gasteiger partial charge on any atom is -0.389 e. The summed E-state index contributed by atoms with van der Waals surface area (Å²) < 4.78 is 18.3. The fourth-order valence-electron chi connectivity index (χ4n) is 1.36. The molecule has 0 aliphatic rings. The van der Waals surface area contributed by atoms with Gasteiger partial charge in [-0.25, -0.2) is 4.39 Å². The lowest BCUT2D eigenvalue weighted by Gasteiger charge is -2.13. The number of benzene rings is 1. The Labute approximate surface area is 99.8 Å². The first-order valence-corrected chi connectivity index (χ1v) is 6.14. The van der Waals surface area contributed by atoms with E-state index in [1.54, 1.807) is 38.8 Å². The van der Waals surface area contributed by atoms with Crippen LogP contribution in [-0.2, 0) is 4.74 Å². The number of thioether (sulfide) groups is 1. The molecule has 0 unspecified atom stereocenters. The Morgan fingerprint density at radius 2 is 2.19 bits per heavy atom. The second-order valence-electron chi connectivity index (χ2n) is 3.66. The van der Waals surface area contributed by atoms with Crippen LogP contribution >= 0.6 is 11.8 Å². The molecule has 2 nitrogen and oxygen atoms in total. The number of methoxy groups -OCH3 is 1. The Kier molecular flexibility index (Phi) is 5.25. The third-order valence-corrected chi connectivity index (χ3v) is 3.32. The average Bonchev–Trinajstić information content (AvgIpc) is 2.23. The molecule has 1 N–H and O–H groups in total. The Balaban J connectivity index is 2.91. The molecule has 0 radical (unpaired) electrons. The van der Waals surface area contributed by atoms with Gasteiger partial charge < -0.3 is 9.84 Å². The van der Waals surface area contributed by atoms with E-state index < -0.39 is 6.10 Å². The van der Waals surface area contributed by atoms with Gasteiger partial charge in [-0.05, 0) is 37.1 Å². The zero-order chi connectivity index (χ0) is 12.1. The minimum atomic E-state index is -0.653. The molecule has 1 aromatic rings. The molecular weight excluding hydrogens is 227 g/mol. The van der Waals surface area contributed by atoms with Gasteiger partial charge in [0.2, 0.25) is 0 Å². The Hall–Kier alpha value is -0.580. The number of ether oxygens (including phenoxy) is 1. The van der Waals surface area contributed by atoms with Crippen LogP contribution in [0.2, 0.25) is 0 Å². The van der Waals surface area contributed by atoms with E-state index in [2.05, 4.69) is 0 Å². The molecule has 0 aliphatic heterocycles. The topological polar surface area (TPSA) is 29.5 Å². The van der Waals surface area contributed by atoms with Gasteiger partial charge in [0.1, 0.15) is 5.82 Å². The standard InChI is InChI=1S/C12H17FO2S/c1-8-6-12(16-5-4-15-3)10(9(2)14)7-11(8)13/h6-7,9,14H,4-5H2,1-3H3/t9-/m0/s1. The lowest BCUT2D eigenvalue weighted by molar-refractivity contribution is 0.195. The summed E-state index contributed by atoms with van der Waals surface area (Å²) >= 11 is 1.57. The van der Waals surface area contributed by atoms with Crippen LogP contribution in [0, 0.1) is 12.7 Å². The molecule has 1 aromatic carbocycles. The second-order valence-corrected chi connectivity index (χ2v) is 4.79. The number of rotatable bonds is 5. The van der Waals surface area contributed by atoms with Gasteiger partial charge in [-0.1, -0.05) is 0 Å². The van der Waals surface area contributed by atoms with Gasteiger partial charge >= 0.3 is 0 Å². The number of hydrogen-bond donors (Lipinski definition) is 1. The summed E-state index contributed by atoms with van der Waals surface area (Å²) in [6.07, 6.45) is -0.653. The molecule has 1 atom stereocenters. The van der Waals surface area contributed by atoms with E-state index in [1.165, 1.54) is 6.07 Å². The molecule has 0 saturated carbocycles. The van der Waals surface area contributed by atoms with E-state index in [-0.39, 0.29) is 5.82 Å². The summed E-state index contributed by atoms with van der Waals surface area (Å²) in [5, 5.41) is 9.57. The van der Waals surface area contributed by atoms with Crippen molar-refractivity contribution in [3.05, 3.63) is 29.1 Å². The third kappa shape index (κ3) is 3.47. The summed E-state index contributed by atoms with van der Waals surface area (Å²) in [6.45, 7) is 4.01. The van der Waals surface area contributed by atoms with Crippen LogP contribution < -0.4 is 0 Å². The van der Waals surface area contributed by atoms with Crippen LogP contribution in [0.3, 0.4) is 0 Å². The van der Waals surface area contributed by atoms with E-state index in [4.69, 9.17) is 4.74 Å². The molecular formula is C12H17FO2S. The molecule has 0 amide bonds. The van der Waals surface area contributed by atoms with Gasteiger partial charge in [0.25, 0.3) is 0 Å². The number of hydrogen-bond acceptors (Lipinski definition) is 3. The van der Waals surface area contributed by atoms with Crippen molar-refractivity contribution in [1.82, 2.24) is 0 Å². The number of aliphatic hydroxyl groups excluding tert-OH is 1. The first kappa shape index (κ1) is 13.5. The molecule has 0 spiro atoms. The van der Waals surface area contributed by atoms with E-state index in [9.17, 15) is 9.50 Å². The molecule has 0 aliphatic carbocycles. The highest BCUT2D eigenvalue weighted by molar-refractivity contribution is 7.99. The predicted octanol–water partition coefficient (Wildman–Crippen LogP) is 2.93. The van der Waals surface area contributed by atoms with Crippen molar-refractivity contribution >= 4 is 11.8 Å². The SMILES string of the molecule is COCCSc1cc(C)c(F)cc1[C@H](C)O. The van der Waals surface area contributed by atoms with Crippen molar-refractivity contribution in [3.63, 3.8) is 0 Å². The molecule has 4 heteroatoms. The Bertz CT molecular complexity index is 353. The molecule has 0 heterocycles. The molecule has 0 aromatic heterocycles. The summed E-state index contributed by atoms with van der Waals surface area (Å²) in [5.41, 5.74) is 1.24. The first-order valence-electron chi connectivity index (χ1n) is 5.16. The fraction of sp³-hybridized carbons (Fsp3) is 0.500. The quantitative estimate of drug-likeness (QED) is 0.638. The molecule has 1 rings (SSSR count). The highest BCUT2D eigenvalue weighted by Gasteiger charge is 2.11. The van der Waals surface area contributed by atoms with Gasteiger partial charge in [0.05, 0.1) is 12.7 Å². The predicted molar refractivity (Wildman–Crippen MR) is 64.4 cm³/mol. The largest absolute Gasteiger partial charge is 0.389 e. The highest BCUT2D eigenvalue weighted by Crippen LogP contribution is 2.29. The van der Waals surface area contributed by atoms with E-state index in [0.29, 0.717) is 17.7 Å². The number of aryl methyl sites for hydroxylation is 1. The summed E-state index contributed by atoms with van der Waals surface area (Å²) in [7, 11) is 1.64. The van der Waals surface area contributed by atoms with Crippen LogP contribution in [0.15, 0.2) is 17.0 Å². The maximum absolute atomic E-state index is 13.4. The van der Waals surface area contributed by atoms with Crippen LogP contribution in [0.25, 0.3) is 0 Å². The lowest BCUT2D eigenvalue weighted by atomic mass is 10.1. The molecule has 0 fully saturated rings. The Morgan fingerprint density at radius 3 is 2.75 bits per heavy atom. The van der Waals surface area contributed by atoms with Crippen molar-refractivity contribution in [2.45, 2.75) is 24.8 Å². The summed E-state index contributed by atoms with van der Waals surface area (Å²) in [6, 6.07) is 3.19. The normalized spacial score (nSPS) is 12.8. The summed E-state index contributed by atoms with van der Waals surface area (Å²) in [4.78, 5) is 0.922. The zero-order valence-corrected chi connectivity index (χ0v) is 10.6. The van der Waals surface area contributed by atoms with Gasteiger partial charge in [0.15, 0.2) is 0 Å². The zero-order valence-electron chi connectivity index (χ0n) is 9.79. The van der Waals surface area contributed by atoms with Crippen LogP contribution in [-0.4, -0.2) is 24.6 Å². The van der Waals surface area contributed by atoms with Crippen molar-refractivity contribution in [2.75, 3.05) is 19.5 Å². The first-order chi connectivity index (χ1) is 7.56. The average molecular weight is 244 g/mol. The van der Waals surface area contributed by atoms with Crippen LogP contribution in [0.1, 0.15) is 24.2 Å². The van der Waals surface area contributed by atoms with E-state index in [1.807, 2.05) is 0 Å². The Morgan fingerprint density at radius 1 is 1.50 bits per heavy atom. The maximum atomic E-state index is 13.4. The van der Waals surface area contributed by atoms with Crippen LogP contribution in [0.5, 0.6) is 0 Å². The third-order valence-electron chi connectivity index (χ3n) is 2.29. The fourth-order valence-corrected chi connectivity index (χ4v) is 2.48. The molecule has 16 heavy (non-hydrogen) atoms. The lowest BCUT2D eigenvalue weighted by Crippen LogP contribution is -1.99. The van der Waals surface area contributed by atoms with Gasteiger partial charge in [0, 0.05) is 17.8 Å². The van der Waals surface area contributed by atoms with Gasteiger partial charge in [-0.2, -0.15) is 0 Å². The highest BCUT2D eigenvalue weighted by atomic mass is 32.2. The molecule has 0 saturated heterocycles. The molecule has 90 valence electrons. The monoisotopic (exact) mass is 244 g/mol. The summed E-state index contributed by atoms with van der Waals surface area (Å²) in [5.74, 6) is 0.522. The molecule has 0 bridgehead atoms. The van der Waals surface area contributed by atoms with Gasteiger partial charge in [-0.3, -0.25) is 0 Å². The number of halogens is 1. The second kappa shape index (κ2) is 6.23. The van der Waals surface area contributed by atoms with Crippen molar-refractivity contribution in [1.29, 1.82) is 0 Å². The minimum absolute atomic E-state index is 0.271. The van der Waals surface area contributed by atoms with E-state index >= 15 is 0 Å². The van der Waals surface area contributed by atoms with Gasteiger partial charge in [-0.15, -0.1) is 11.8 Å². The smallest absolute Gasteiger partial charge is 0.126 e. The van der Waals surface area contributed by atoms with E-state index in [0.717, 1.165) is 10.6 Å². The number of aliphatic hydroxyl groups is 1. The van der Waals surface area contributed by atoms with Crippen molar-refractivity contribution in [3.8, 4) is 0 Å². The maximum Gasteiger partial charge on any atom is 0.126 e. The van der Waals surface area contributed by atoms with Crippen molar-refractivity contribution in [2.24, 2.45) is 0 Å².